The third kappa shape index (κ3) is 3.04. The third-order valence-electron chi connectivity index (χ3n) is 2.17. The van der Waals surface area contributed by atoms with Crippen molar-refractivity contribution < 1.29 is 4.79 Å². The molecule has 0 aromatic carbocycles. The molecular formula is C10H16N4OS. The number of carbonyl (C=O) groups excluding carboxylic acids is 1. The molecule has 6 heteroatoms. The smallest absolute Gasteiger partial charge is 0.144 e. The molecule has 0 saturated heterocycles. The number of hydrogen-bond acceptors (Lipinski definition) is 6. The Hall–Kier alpha value is -1.40. The highest BCUT2D eigenvalue weighted by Gasteiger charge is 2.16. The molecule has 0 amide bonds. The Kier molecular flexibility index (Phi) is 4.45. The van der Waals surface area contributed by atoms with E-state index in [1.54, 1.807) is 17.9 Å². The van der Waals surface area contributed by atoms with Gasteiger partial charge in [-0.2, -0.15) is 0 Å². The van der Waals surface area contributed by atoms with Crippen LogP contribution in [0.3, 0.4) is 0 Å². The van der Waals surface area contributed by atoms with E-state index in [1.807, 2.05) is 13.8 Å². The first-order valence-corrected chi connectivity index (χ1v) is 5.78. The number of nitrogens with two attached hydrogens (primary N) is 2. The molecule has 5 nitrogen and oxygen atoms in total. The van der Waals surface area contributed by atoms with E-state index in [0.29, 0.717) is 5.70 Å². The Morgan fingerprint density at radius 2 is 2.31 bits per heavy atom. The van der Waals surface area contributed by atoms with E-state index < -0.39 is 0 Å². The monoisotopic (exact) mass is 240 g/mol. The largest absolute Gasteiger partial charge is 0.396 e. The fourth-order valence-electron chi connectivity index (χ4n) is 1.24. The molecule has 1 rings (SSSR count). The molecule has 0 spiro atoms. The van der Waals surface area contributed by atoms with Crippen LogP contribution in [-0.4, -0.2) is 22.3 Å². The van der Waals surface area contributed by atoms with Gasteiger partial charge in [0.25, 0.3) is 0 Å². The lowest BCUT2D eigenvalue weighted by Gasteiger charge is -2.24. The maximum absolute atomic E-state index is 10.9. The number of hydrogen-bond donors (Lipinski definition) is 2. The molecule has 0 fully saturated rings. The van der Waals surface area contributed by atoms with Gasteiger partial charge in [-0.15, -0.1) is 11.3 Å². The molecular weight excluding hydrogens is 224 g/mol. The predicted octanol–water partition coefficient (Wildman–Crippen LogP) is 0.799. The van der Waals surface area contributed by atoms with E-state index in [2.05, 4.69) is 4.98 Å². The molecule has 4 N–H and O–H groups in total. The number of aromatic nitrogens is 1. The highest BCUT2D eigenvalue weighted by molar-refractivity contribution is 7.10. The van der Waals surface area contributed by atoms with Gasteiger partial charge >= 0.3 is 0 Å². The van der Waals surface area contributed by atoms with E-state index in [0.717, 1.165) is 11.2 Å². The summed E-state index contributed by atoms with van der Waals surface area (Å²) in [6, 6.07) is -0.369. The van der Waals surface area contributed by atoms with Crippen LogP contribution in [0.15, 0.2) is 17.9 Å². The highest BCUT2D eigenvalue weighted by atomic mass is 32.1. The van der Waals surface area contributed by atoms with Crippen LogP contribution in [0.4, 0.5) is 0 Å². The zero-order valence-electron chi connectivity index (χ0n) is 9.33. The van der Waals surface area contributed by atoms with Crippen molar-refractivity contribution in [3.63, 3.8) is 0 Å². The zero-order chi connectivity index (χ0) is 12.1. The van der Waals surface area contributed by atoms with Gasteiger partial charge in [0.1, 0.15) is 12.3 Å². The summed E-state index contributed by atoms with van der Waals surface area (Å²) in [6.07, 6.45) is 4.04. The second kappa shape index (κ2) is 5.62. The lowest BCUT2D eigenvalue weighted by Crippen LogP contribution is -2.41. The van der Waals surface area contributed by atoms with Crippen molar-refractivity contribution in [2.24, 2.45) is 17.5 Å². The summed E-state index contributed by atoms with van der Waals surface area (Å²) in [4.78, 5) is 15.6. The highest BCUT2D eigenvalue weighted by Crippen LogP contribution is 2.15. The van der Waals surface area contributed by atoms with Gasteiger partial charge in [0.15, 0.2) is 0 Å². The molecule has 1 aromatic rings. The number of rotatable bonds is 5. The molecule has 88 valence electrons. The Morgan fingerprint density at radius 3 is 2.75 bits per heavy atom. The van der Waals surface area contributed by atoms with Gasteiger partial charge in [-0.3, -0.25) is 4.98 Å². The van der Waals surface area contributed by atoms with Gasteiger partial charge in [-0.1, -0.05) is 13.8 Å². The van der Waals surface area contributed by atoms with E-state index in [1.165, 1.54) is 16.3 Å². The fourth-order valence-corrected chi connectivity index (χ4v) is 1.79. The second-order valence-corrected chi connectivity index (χ2v) is 4.65. The van der Waals surface area contributed by atoms with Crippen LogP contribution < -0.4 is 11.6 Å². The van der Waals surface area contributed by atoms with Crippen LogP contribution in [0, 0.1) is 5.92 Å². The Bertz CT molecular complexity index is 361. The minimum atomic E-state index is -0.369. The molecule has 1 unspecified atom stereocenters. The predicted molar refractivity (Wildman–Crippen MR) is 65.0 cm³/mol. The van der Waals surface area contributed by atoms with E-state index in [-0.39, 0.29) is 12.0 Å². The summed E-state index contributed by atoms with van der Waals surface area (Å²) >= 11 is 1.43. The van der Waals surface area contributed by atoms with Gasteiger partial charge in [0, 0.05) is 12.4 Å². The number of nitrogens with zero attached hydrogens (tertiary/aromatic N) is 2. The minimum absolute atomic E-state index is 0.132. The van der Waals surface area contributed by atoms with Crippen LogP contribution in [-0.2, 0) is 4.79 Å². The molecule has 0 aliphatic rings. The van der Waals surface area contributed by atoms with Crippen molar-refractivity contribution >= 4 is 23.3 Å². The van der Waals surface area contributed by atoms with Gasteiger partial charge in [0.2, 0.25) is 0 Å². The molecule has 1 atom stereocenters. The quantitative estimate of drug-likeness (QED) is 0.452. The minimum Gasteiger partial charge on any atom is -0.396 e. The van der Waals surface area contributed by atoms with E-state index >= 15 is 0 Å². The fraction of sp³-hybridized carbons (Fsp3) is 0.400. The first-order valence-electron chi connectivity index (χ1n) is 4.90. The van der Waals surface area contributed by atoms with Gasteiger partial charge < -0.3 is 15.5 Å². The second-order valence-electron chi connectivity index (χ2n) is 3.77. The lowest BCUT2D eigenvalue weighted by molar-refractivity contribution is -0.112. The van der Waals surface area contributed by atoms with Crippen LogP contribution in [0.1, 0.15) is 18.7 Å². The van der Waals surface area contributed by atoms with Gasteiger partial charge in [0.05, 0.1) is 16.1 Å². The molecule has 0 aliphatic heterocycles. The van der Waals surface area contributed by atoms with Gasteiger partial charge in [-0.05, 0) is 5.92 Å². The first-order chi connectivity index (χ1) is 7.56. The SMILES string of the molecule is CC(C)C(C=O)N(N)/C=C(\N)c1cncs1. The molecule has 16 heavy (non-hydrogen) atoms. The summed E-state index contributed by atoms with van der Waals surface area (Å²) in [6.45, 7) is 3.85. The zero-order valence-corrected chi connectivity index (χ0v) is 10.1. The maximum atomic E-state index is 10.9. The molecule has 0 saturated carbocycles. The van der Waals surface area contributed by atoms with Crippen molar-refractivity contribution in [1.29, 1.82) is 0 Å². The molecule has 0 bridgehead atoms. The van der Waals surface area contributed by atoms with Crippen molar-refractivity contribution in [2.45, 2.75) is 19.9 Å². The number of thiazole rings is 1. The Labute approximate surface area is 98.7 Å². The first kappa shape index (κ1) is 12.7. The lowest BCUT2D eigenvalue weighted by atomic mass is 10.1. The van der Waals surface area contributed by atoms with Gasteiger partial charge in [-0.25, -0.2) is 5.84 Å². The molecule has 1 heterocycles. The van der Waals surface area contributed by atoms with Crippen LogP contribution in [0.2, 0.25) is 0 Å². The summed E-state index contributed by atoms with van der Waals surface area (Å²) in [7, 11) is 0. The summed E-state index contributed by atoms with van der Waals surface area (Å²) < 4.78 is 0. The van der Waals surface area contributed by atoms with Crippen LogP contribution in [0.25, 0.3) is 5.70 Å². The van der Waals surface area contributed by atoms with E-state index in [4.69, 9.17) is 11.6 Å². The molecule has 0 aliphatic carbocycles. The molecule has 1 aromatic heterocycles. The maximum Gasteiger partial charge on any atom is 0.144 e. The Balaban J connectivity index is 2.79. The van der Waals surface area contributed by atoms with Crippen LogP contribution in [0.5, 0.6) is 0 Å². The van der Waals surface area contributed by atoms with Crippen molar-refractivity contribution in [1.82, 2.24) is 9.99 Å². The number of aldehydes is 1. The average Bonchev–Trinajstić information content (AvgIpc) is 2.70. The summed E-state index contributed by atoms with van der Waals surface area (Å²) in [5.74, 6) is 5.90. The van der Waals surface area contributed by atoms with Crippen LogP contribution >= 0.6 is 11.3 Å². The topological polar surface area (TPSA) is 85.2 Å². The third-order valence-corrected chi connectivity index (χ3v) is 2.99. The van der Waals surface area contributed by atoms with Crippen molar-refractivity contribution in [3.05, 3.63) is 22.8 Å². The normalized spacial score (nSPS) is 13.9. The standard InChI is InChI=1S/C10H16N4OS/c1-7(2)9(5-15)14(12)4-8(11)10-3-13-6-16-10/h3-7,9H,11-12H2,1-2H3/b8-4-. The Morgan fingerprint density at radius 1 is 1.62 bits per heavy atom. The van der Waals surface area contributed by atoms with E-state index in [9.17, 15) is 4.79 Å². The van der Waals surface area contributed by atoms with Crippen molar-refractivity contribution in [2.75, 3.05) is 0 Å². The summed E-state index contributed by atoms with van der Waals surface area (Å²) in [5.41, 5.74) is 8.03. The summed E-state index contributed by atoms with van der Waals surface area (Å²) in [5, 5.41) is 1.34. The average molecular weight is 240 g/mol. The van der Waals surface area contributed by atoms with Crippen molar-refractivity contribution in [3.8, 4) is 0 Å². The number of carbonyl (C=O) groups is 1. The molecule has 0 radical (unpaired) electrons. The number of hydrazine groups is 1.